The van der Waals surface area contributed by atoms with Crippen LogP contribution in [0.25, 0.3) is 5.69 Å². The molecule has 0 unspecified atom stereocenters. The highest BCUT2D eigenvalue weighted by atomic mass is 16.6. The van der Waals surface area contributed by atoms with E-state index in [-0.39, 0.29) is 5.91 Å². The van der Waals surface area contributed by atoms with Gasteiger partial charge in [-0.3, -0.25) is 4.79 Å². The van der Waals surface area contributed by atoms with Gasteiger partial charge in [0.15, 0.2) is 5.69 Å². The van der Waals surface area contributed by atoms with Crippen molar-refractivity contribution in [3.8, 4) is 11.4 Å². The molecule has 0 radical (unpaired) electrons. The number of likely N-dealkylation sites (tertiary alicyclic amines) is 1. The van der Waals surface area contributed by atoms with Crippen molar-refractivity contribution in [3.05, 3.63) is 41.7 Å². The fraction of sp³-hybridized carbons (Fsp3) is 0.522. The molecule has 2 amide bonds. The Balaban J connectivity index is 1.55. The van der Waals surface area contributed by atoms with Gasteiger partial charge in [-0.1, -0.05) is 6.07 Å². The number of ether oxygens (including phenoxy) is 2. The Hall–Kier alpha value is -3.03. The highest BCUT2D eigenvalue weighted by molar-refractivity contribution is 5.92. The smallest absolute Gasteiger partial charge is 0.407 e. The Labute approximate surface area is 183 Å². The fourth-order valence-corrected chi connectivity index (χ4v) is 3.60. The number of nitrogens with one attached hydrogen (secondary N) is 1. The van der Waals surface area contributed by atoms with Crippen LogP contribution in [0.2, 0.25) is 0 Å². The second-order valence-corrected chi connectivity index (χ2v) is 8.94. The van der Waals surface area contributed by atoms with Gasteiger partial charge < -0.3 is 19.7 Å². The summed E-state index contributed by atoms with van der Waals surface area (Å²) < 4.78 is 12.4. The van der Waals surface area contributed by atoms with Crippen LogP contribution in [0.5, 0.6) is 5.75 Å². The molecule has 0 saturated carbocycles. The largest absolute Gasteiger partial charge is 0.494 e. The van der Waals surface area contributed by atoms with Crippen molar-refractivity contribution in [1.82, 2.24) is 20.0 Å². The van der Waals surface area contributed by atoms with E-state index in [2.05, 4.69) is 10.4 Å². The van der Waals surface area contributed by atoms with Crippen LogP contribution in [0.15, 0.2) is 30.5 Å². The van der Waals surface area contributed by atoms with Crippen molar-refractivity contribution < 1.29 is 19.1 Å². The Bertz CT molecular complexity index is 924. The van der Waals surface area contributed by atoms with Gasteiger partial charge in [0.25, 0.3) is 5.91 Å². The normalized spacial score (nSPS) is 14.9. The van der Waals surface area contributed by atoms with Gasteiger partial charge in [-0.05, 0) is 70.2 Å². The molecular weight excluding hydrogens is 396 g/mol. The Morgan fingerprint density at radius 3 is 2.55 bits per heavy atom. The highest BCUT2D eigenvalue weighted by Gasteiger charge is 2.26. The number of carbonyl (C=O) groups excluding carboxylic acids is 2. The SMILES string of the molecule is COc1ccc(C)cc1-n1ccc(C(=O)N2CCC(CNC(=O)OC(C)(C)C)CC2)n1. The van der Waals surface area contributed by atoms with Gasteiger partial charge in [-0.25, -0.2) is 9.48 Å². The van der Waals surface area contributed by atoms with Crippen molar-refractivity contribution in [1.29, 1.82) is 0 Å². The minimum atomic E-state index is -0.508. The van der Waals surface area contributed by atoms with Crippen LogP contribution in [0.4, 0.5) is 4.79 Å². The summed E-state index contributed by atoms with van der Waals surface area (Å²) >= 11 is 0. The van der Waals surface area contributed by atoms with E-state index in [0.717, 1.165) is 24.1 Å². The topological polar surface area (TPSA) is 85.7 Å². The maximum Gasteiger partial charge on any atom is 0.407 e. The predicted octanol–water partition coefficient (Wildman–Crippen LogP) is 3.57. The third-order valence-electron chi connectivity index (χ3n) is 5.23. The molecule has 0 aliphatic carbocycles. The molecular formula is C23H32N4O4. The zero-order valence-electron chi connectivity index (χ0n) is 19.0. The first-order chi connectivity index (χ1) is 14.7. The molecule has 1 aromatic carbocycles. The van der Waals surface area contributed by atoms with Gasteiger partial charge in [0.1, 0.15) is 17.0 Å². The molecule has 0 atom stereocenters. The van der Waals surface area contributed by atoms with Gasteiger partial charge in [0.05, 0.1) is 7.11 Å². The summed E-state index contributed by atoms with van der Waals surface area (Å²) in [5.41, 5.74) is 1.79. The number of hydrogen-bond acceptors (Lipinski definition) is 5. The standard InChI is InChI=1S/C23H32N4O4/c1-16-6-7-20(30-5)19(14-16)27-13-10-18(25-27)21(28)26-11-8-17(9-12-26)15-24-22(29)31-23(2,3)4/h6-7,10,13-14,17H,8-9,11-12,15H2,1-5H3,(H,24,29). The fourth-order valence-electron chi connectivity index (χ4n) is 3.60. The number of amides is 2. The molecule has 1 aliphatic heterocycles. The average molecular weight is 429 g/mol. The molecule has 8 nitrogen and oxygen atoms in total. The van der Waals surface area contributed by atoms with Gasteiger partial charge in [-0.15, -0.1) is 0 Å². The molecule has 168 valence electrons. The minimum absolute atomic E-state index is 0.0797. The minimum Gasteiger partial charge on any atom is -0.494 e. The third-order valence-corrected chi connectivity index (χ3v) is 5.23. The maximum absolute atomic E-state index is 12.9. The second-order valence-electron chi connectivity index (χ2n) is 8.94. The van der Waals surface area contributed by atoms with Crippen LogP contribution in [-0.4, -0.2) is 59.0 Å². The number of nitrogens with zero attached hydrogens (tertiary/aromatic N) is 3. The molecule has 1 fully saturated rings. The molecule has 31 heavy (non-hydrogen) atoms. The van der Waals surface area contributed by atoms with Crippen molar-refractivity contribution in [2.24, 2.45) is 5.92 Å². The lowest BCUT2D eigenvalue weighted by Crippen LogP contribution is -2.42. The molecule has 1 N–H and O–H groups in total. The zero-order valence-corrected chi connectivity index (χ0v) is 19.0. The molecule has 1 aliphatic rings. The number of rotatable bonds is 5. The first-order valence-electron chi connectivity index (χ1n) is 10.6. The van der Waals surface area contributed by atoms with E-state index in [0.29, 0.717) is 37.0 Å². The monoisotopic (exact) mass is 428 g/mol. The first-order valence-corrected chi connectivity index (χ1v) is 10.6. The van der Waals surface area contributed by atoms with E-state index >= 15 is 0 Å². The number of hydrogen-bond donors (Lipinski definition) is 1. The van der Waals surface area contributed by atoms with Crippen LogP contribution in [0.1, 0.15) is 49.7 Å². The number of methoxy groups -OCH3 is 1. The van der Waals surface area contributed by atoms with E-state index in [1.165, 1.54) is 0 Å². The average Bonchev–Trinajstić information content (AvgIpc) is 3.21. The van der Waals surface area contributed by atoms with Gasteiger partial charge in [0.2, 0.25) is 0 Å². The number of alkyl carbamates (subject to hydrolysis) is 1. The number of aryl methyl sites for hydroxylation is 1. The van der Waals surface area contributed by atoms with Crippen LogP contribution in [0.3, 0.4) is 0 Å². The summed E-state index contributed by atoms with van der Waals surface area (Å²) in [4.78, 5) is 26.6. The molecule has 3 rings (SSSR count). The predicted molar refractivity (Wildman–Crippen MR) is 118 cm³/mol. The Kier molecular flexibility index (Phi) is 6.87. The highest BCUT2D eigenvalue weighted by Crippen LogP contribution is 2.24. The van der Waals surface area contributed by atoms with Crippen LogP contribution in [0, 0.1) is 12.8 Å². The molecule has 2 aromatic rings. The molecule has 8 heteroatoms. The van der Waals surface area contributed by atoms with E-state index in [9.17, 15) is 9.59 Å². The molecule has 1 saturated heterocycles. The second kappa shape index (κ2) is 9.41. The van der Waals surface area contributed by atoms with E-state index in [1.807, 2.05) is 50.8 Å². The third kappa shape index (κ3) is 5.99. The van der Waals surface area contributed by atoms with Crippen LogP contribution in [-0.2, 0) is 4.74 Å². The van der Waals surface area contributed by atoms with Crippen LogP contribution < -0.4 is 10.1 Å². The zero-order chi connectivity index (χ0) is 22.6. The Morgan fingerprint density at radius 2 is 1.90 bits per heavy atom. The van der Waals surface area contributed by atoms with Gasteiger partial charge in [-0.2, -0.15) is 5.10 Å². The first kappa shape index (κ1) is 22.7. The van der Waals surface area contributed by atoms with E-state index in [1.54, 1.807) is 24.1 Å². The lowest BCUT2D eigenvalue weighted by atomic mass is 9.96. The summed E-state index contributed by atoms with van der Waals surface area (Å²) in [6, 6.07) is 7.58. The van der Waals surface area contributed by atoms with Crippen molar-refractivity contribution >= 4 is 12.0 Å². The summed E-state index contributed by atoms with van der Waals surface area (Å²) in [5.74, 6) is 0.945. The summed E-state index contributed by atoms with van der Waals surface area (Å²) in [6.07, 6.45) is 3.03. The molecule has 0 bridgehead atoms. The van der Waals surface area contributed by atoms with Gasteiger partial charge in [0, 0.05) is 25.8 Å². The Morgan fingerprint density at radius 1 is 1.19 bits per heavy atom. The lowest BCUT2D eigenvalue weighted by molar-refractivity contribution is 0.0499. The van der Waals surface area contributed by atoms with Crippen LogP contribution >= 0.6 is 0 Å². The number of benzene rings is 1. The summed E-state index contributed by atoms with van der Waals surface area (Å²) in [5, 5.41) is 7.32. The summed E-state index contributed by atoms with van der Waals surface area (Å²) in [6.45, 7) is 9.35. The van der Waals surface area contributed by atoms with Gasteiger partial charge >= 0.3 is 6.09 Å². The number of carbonyl (C=O) groups is 2. The number of aromatic nitrogens is 2. The number of piperidine rings is 1. The maximum atomic E-state index is 12.9. The molecule has 2 heterocycles. The van der Waals surface area contributed by atoms with E-state index in [4.69, 9.17) is 9.47 Å². The van der Waals surface area contributed by atoms with Crippen molar-refractivity contribution in [2.45, 2.75) is 46.1 Å². The molecule has 0 spiro atoms. The summed E-state index contributed by atoms with van der Waals surface area (Å²) in [7, 11) is 1.62. The quantitative estimate of drug-likeness (QED) is 0.787. The molecule has 1 aromatic heterocycles. The van der Waals surface area contributed by atoms with E-state index < -0.39 is 11.7 Å². The van der Waals surface area contributed by atoms with Crippen molar-refractivity contribution in [3.63, 3.8) is 0 Å². The lowest BCUT2D eigenvalue weighted by Gasteiger charge is -2.31. The van der Waals surface area contributed by atoms with Crippen molar-refractivity contribution in [2.75, 3.05) is 26.7 Å².